The van der Waals surface area contributed by atoms with Crippen molar-refractivity contribution in [2.24, 2.45) is 0 Å². The number of ether oxygens (including phenoxy) is 1. The average molecular weight is 505 g/mol. The molecule has 9 nitrogen and oxygen atoms in total. The van der Waals surface area contributed by atoms with Crippen LogP contribution in [0.3, 0.4) is 0 Å². The van der Waals surface area contributed by atoms with Crippen LogP contribution in [0.25, 0.3) is 0 Å². The zero-order valence-electron chi connectivity index (χ0n) is 19.7. The molecule has 1 heterocycles. The first kappa shape index (κ1) is 28.0. The van der Waals surface area contributed by atoms with Crippen LogP contribution in [0, 0.1) is 0 Å². The summed E-state index contributed by atoms with van der Waals surface area (Å²) in [6.07, 6.45) is 2.28. The van der Waals surface area contributed by atoms with E-state index in [0.717, 1.165) is 24.2 Å². The van der Waals surface area contributed by atoms with E-state index in [4.69, 9.17) is 14.3 Å². The number of thioether (sulfide) groups is 1. The molecule has 0 aliphatic rings. The van der Waals surface area contributed by atoms with Gasteiger partial charge in [0.05, 0.1) is 23.8 Å². The predicted octanol–water partition coefficient (Wildman–Crippen LogP) is 3.92. The number of ketones is 1. The van der Waals surface area contributed by atoms with E-state index in [1.807, 2.05) is 19.1 Å². The minimum atomic E-state index is -1.15. The van der Waals surface area contributed by atoms with Crippen LogP contribution in [0.1, 0.15) is 50.4 Å². The Kier molecular flexibility index (Phi) is 12.5. The Morgan fingerprint density at radius 2 is 1.80 bits per heavy atom. The van der Waals surface area contributed by atoms with Gasteiger partial charge in [-0.2, -0.15) is 0 Å². The van der Waals surface area contributed by atoms with Crippen LogP contribution in [0.4, 0.5) is 4.79 Å². The van der Waals surface area contributed by atoms with Gasteiger partial charge >= 0.3 is 12.1 Å². The van der Waals surface area contributed by atoms with E-state index in [2.05, 4.69) is 10.6 Å². The van der Waals surface area contributed by atoms with E-state index >= 15 is 0 Å². The lowest BCUT2D eigenvalue weighted by Crippen LogP contribution is -2.52. The fraction of sp³-hybridized carbons (Fsp3) is 0.440. The summed E-state index contributed by atoms with van der Waals surface area (Å²) in [5.74, 6) is -0.398. The van der Waals surface area contributed by atoms with Gasteiger partial charge in [0.25, 0.3) is 0 Å². The van der Waals surface area contributed by atoms with Crippen LogP contribution in [-0.4, -0.2) is 46.7 Å². The number of alkyl carbamates (subject to hydrolysis) is 1. The van der Waals surface area contributed by atoms with Crippen molar-refractivity contribution in [3.63, 3.8) is 0 Å². The summed E-state index contributed by atoms with van der Waals surface area (Å²) in [5.41, 5.74) is 0.770. The van der Waals surface area contributed by atoms with Crippen molar-refractivity contribution < 1.29 is 33.4 Å². The van der Waals surface area contributed by atoms with Crippen molar-refractivity contribution in [2.45, 2.75) is 63.5 Å². The van der Waals surface area contributed by atoms with Gasteiger partial charge < -0.3 is 24.9 Å². The Labute approximate surface area is 209 Å². The fourth-order valence-corrected chi connectivity index (χ4v) is 4.06. The first-order chi connectivity index (χ1) is 16.9. The number of hydrogen-bond donors (Lipinski definition) is 3. The summed E-state index contributed by atoms with van der Waals surface area (Å²) in [6.45, 7) is 1.99. The van der Waals surface area contributed by atoms with Crippen LogP contribution in [-0.2, 0) is 31.5 Å². The molecule has 0 aliphatic carbocycles. The van der Waals surface area contributed by atoms with Crippen molar-refractivity contribution in [1.29, 1.82) is 0 Å². The molecule has 0 fully saturated rings. The summed E-state index contributed by atoms with van der Waals surface area (Å²) >= 11 is 1.38. The number of carboxylic acid groups (broad SMARTS) is 1. The van der Waals surface area contributed by atoms with Crippen LogP contribution >= 0.6 is 11.8 Å². The van der Waals surface area contributed by atoms with Crippen LogP contribution in [0.2, 0.25) is 0 Å². The molecule has 10 heteroatoms. The Balaban J connectivity index is 1.95. The standard InChI is InChI=1S/C25H32N2O7S/c1-2-3-11-20(22(28)17-35-16-19-10-7-14-33-19)26-24(31)21(12-13-23(29)30)27-25(32)34-15-18-8-5-4-6-9-18/h4-10,14,20-21H,2-3,11-13,15-17H2,1H3,(H,26,31)(H,27,32)(H,29,30)/t20-,21-/m0/s1. The second-order valence-electron chi connectivity index (χ2n) is 7.93. The molecule has 190 valence electrons. The molecule has 2 rings (SSSR count). The zero-order chi connectivity index (χ0) is 25.5. The highest BCUT2D eigenvalue weighted by Gasteiger charge is 2.27. The van der Waals surface area contributed by atoms with Gasteiger partial charge in [-0.1, -0.05) is 50.1 Å². The summed E-state index contributed by atoms with van der Waals surface area (Å²) in [7, 11) is 0. The molecule has 0 unspecified atom stereocenters. The van der Waals surface area contributed by atoms with Crippen LogP contribution < -0.4 is 10.6 Å². The molecule has 35 heavy (non-hydrogen) atoms. The number of unbranched alkanes of at least 4 members (excludes halogenated alkanes) is 1. The van der Waals surface area contributed by atoms with Gasteiger partial charge in [-0.25, -0.2) is 4.79 Å². The lowest BCUT2D eigenvalue weighted by molar-refractivity contribution is -0.137. The third kappa shape index (κ3) is 11.1. The summed E-state index contributed by atoms with van der Waals surface area (Å²) < 4.78 is 10.4. The van der Waals surface area contributed by atoms with Gasteiger partial charge in [0.2, 0.25) is 5.91 Å². The normalized spacial score (nSPS) is 12.4. The Bertz CT molecular complexity index is 935. The van der Waals surface area contributed by atoms with E-state index in [1.54, 1.807) is 36.6 Å². The third-order valence-corrected chi connectivity index (χ3v) is 6.07. The first-order valence-corrected chi connectivity index (χ1v) is 12.7. The molecule has 1 aromatic heterocycles. The lowest BCUT2D eigenvalue weighted by atomic mass is 10.0. The molecule has 1 aromatic carbocycles. The predicted molar refractivity (Wildman–Crippen MR) is 132 cm³/mol. The van der Waals surface area contributed by atoms with E-state index in [1.165, 1.54) is 11.8 Å². The molecule has 2 amide bonds. The highest BCUT2D eigenvalue weighted by atomic mass is 32.2. The third-order valence-electron chi connectivity index (χ3n) is 5.09. The number of furan rings is 1. The second kappa shape index (κ2) is 15.6. The number of hydrogen-bond acceptors (Lipinski definition) is 7. The molecule has 2 atom stereocenters. The molecular formula is C25H32N2O7S. The topological polar surface area (TPSA) is 135 Å². The highest BCUT2D eigenvalue weighted by molar-refractivity contribution is 7.99. The maximum atomic E-state index is 13.0. The summed E-state index contributed by atoms with van der Waals surface area (Å²) in [6, 6.07) is 10.7. The van der Waals surface area contributed by atoms with Gasteiger partial charge in [0.1, 0.15) is 18.4 Å². The van der Waals surface area contributed by atoms with Gasteiger partial charge in [0.15, 0.2) is 5.78 Å². The first-order valence-electron chi connectivity index (χ1n) is 11.5. The van der Waals surface area contributed by atoms with Crippen molar-refractivity contribution in [1.82, 2.24) is 10.6 Å². The van der Waals surface area contributed by atoms with Crippen LogP contribution in [0.5, 0.6) is 0 Å². The molecule has 0 bridgehead atoms. The molecule has 0 aliphatic heterocycles. The molecular weight excluding hydrogens is 472 g/mol. The summed E-state index contributed by atoms with van der Waals surface area (Å²) in [5, 5.41) is 14.2. The number of Topliss-reactive ketones (excluding diaryl/α,β-unsaturated/α-hetero) is 1. The number of amides is 2. The zero-order valence-corrected chi connectivity index (χ0v) is 20.6. The SMILES string of the molecule is CCCC[C@H](NC(=O)[C@H](CCC(=O)O)NC(=O)OCc1ccccc1)C(=O)CSCc1ccco1. The molecule has 0 saturated carbocycles. The maximum Gasteiger partial charge on any atom is 0.408 e. The highest BCUT2D eigenvalue weighted by Crippen LogP contribution is 2.15. The van der Waals surface area contributed by atoms with Gasteiger partial charge in [-0.15, -0.1) is 11.8 Å². The number of rotatable bonds is 16. The minimum Gasteiger partial charge on any atom is -0.481 e. The Hall–Kier alpha value is -3.27. The number of carbonyl (C=O) groups excluding carboxylic acids is 3. The van der Waals surface area contributed by atoms with E-state index < -0.39 is 30.1 Å². The maximum absolute atomic E-state index is 13.0. The Morgan fingerprint density at radius 3 is 2.46 bits per heavy atom. The average Bonchev–Trinajstić information content (AvgIpc) is 3.36. The van der Waals surface area contributed by atoms with Gasteiger partial charge in [-0.05, 0) is 30.5 Å². The largest absolute Gasteiger partial charge is 0.481 e. The number of carbonyl (C=O) groups is 4. The Morgan fingerprint density at radius 1 is 1.03 bits per heavy atom. The molecule has 0 spiro atoms. The van der Waals surface area contributed by atoms with Crippen LogP contribution in [0.15, 0.2) is 53.1 Å². The number of benzene rings is 1. The van der Waals surface area contributed by atoms with E-state index in [9.17, 15) is 19.2 Å². The molecule has 3 N–H and O–H groups in total. The smallest absolute Gasteiger partial charge is 0.408 e. The lowest BCUT2D eigenvalue weighted by Gasteiger charge is -2.22. The van der Waals surface area contributed by atoms with Crippen molar-refractivity contribution >= 4 is 35.5 Å². The number of nitrogens with one attached hydrogen (secondary N) is 2. The van der Waals surface area contributed by atoms with E-state index in [0.29, 0.717) is 12.2 Å². The van der Waals surface area contributed by atoms with Crippen molar-refractivity contribution in [3.05, 3.63) is 60.1 Å². The minimum absolute atomic E-state index is 0.00441. The van der Waals surface area contributed by atoms with Gasteiger partial charge in [0, 0.05) is 6.42 Å². The molecule has 0 radical (unpaired) electrons. The van der Waals surface area contributed by atoms with E-state index in [-0.39, 0.29) is 31.0 Å². The van der Waals surface area contributed by atoms with Gasteiger partial charge in [-0.3, -0.25) is 14.4 Å². The number of aliphatic carboxylic acids is 1. The molecule has 0 saturated heterocycles. The van der Waals surface area contributed by atoms with Crippen molar-refractivity contribution in [2.75, 3.05) is 5.75 Å². The monoisotopic (exact) mass is 504 g/mol. The molecule has 2 aromatic rings. The summed E-state index contributed by atoms with van der Waals surface area (Å²) in [4.78, 5) is 49.1. The number of carboxylic acids is 1. The second-order valence-corrected chi connectivity index (χ2v) is 8.92. The quantitative estimate of drug-likeness (QED) is 0.313. The fourth-order valence-electron chi connectivity index (χ4n) is 3.19. The van der Waals surface area contributed by atoms with Crippen molar-refractivity contribution in [3.8, 4) is 0 Å².